The number of para-hydroxylation sites is 1. The van der Waals surface area contributed by atoms with E-state index in [1.165, 1.54) is 24.3 Å². The quantitative estimate of drug-likeness (QED) is 0.361. The van der Waals surface area contributed by atoms with Gasteiger partial charge in [-0.25, -0.2) is 4.79 Å². The van der Waals surface area contributed by atoms with Crippen LogP contribution in [0.2, 0.25) is 0 Å². The molecule has 1 heterocycles. The van der Waals surface area contributed by atoms with Gasteiger partial charge in [0.15, 0.2) is 6.61 Å². The fraction of sp³-hybridized carbons (Fsp3) is 0.179. The second-order valence-corrected chi connectivity index (χ2v) is 8.45. The molecule has 1 aliphatic rings. The van der Waals surface area contributed by atoms with E-state index in [9.17, 15) is 24.0 Å². The van der Waals surface area contributed by atoms with Crippen molar-refractivity contribution in [2.24, 2.45) is 0 Å². The Hall–Kier alpha value is -4.79. The Morgan fingerprint density at radius 1 is 0.865 bits per heavy atom. The van der Waals surface area contributed by atoms with Gasteiger partial charge in [-0.3, -0.25) is 24.1 Å². The van der Waals surface area contributed by atoms with Crippen molar-refractivity contribution < 1.29 is 28.7 Å². The Kier molecular flexibility index (Phi) is 7.73. The highest BCUT2D eigenvalue weighted by Gasteiger charge is 2.30. The number of rotatable bonds is 8. The molecule has 3 aromatic rings. The van der Waals surface area contributed by atoms with Gasteiger partial charge in [-0.2, -0.15) is 0 Å². The maximum atomic E-state index is 12.9. The number of imide groups is 1. The van der Waals surface area contributed by atoms with Gasteiger partial charge < -0.3 is 15.4 Å². The van der Waals surface area contributed by atoms with Crippen molar-refractivity contribution in [3.8, 4) is 0 Å². The van der Waals surface area contributed by atoms with Crippen molar-refractivity contribution in [3.05, 3.63) is 95.6 Å². The molecule has 0 aliphatic carbocycles. The highest BCUT2D eigenvalue weighted by atomic mass is 16.5. The minimum Gasteiger partial charge on any atom is -0.452 e. The second kappa shape index (κ2) is 11.3. The molecule has 0 spiro atoms. The van der Waals surface area contributed by atoms with Gasteiger partial charge in [0.1, 0.15) is 0 Å². The number of nitrogens with zero attached hydrogens (tertiary/aromatic N) is 1. The zero-order valence-corrected chi connectivity index (χ0v) is 20.1. The highest BCUT2D eigenvalue weighted by molar-refractivity contribution is 6.19. The summed E-state index contributed by atoms with van der Waals surface area (Å²) in [7, 11) is 0. The van der Waals surface area contributed by atoms with Crippen LogP contribution in [0.25, 0.3) is 0 Å². The Labute approximate surface area is 213 Å². The van der Waals surface area contributed by atoms with E-state index in [0.717, 1.165) is 10.5 Å². The van der Waals surface area contributed by atoms with Crippen LogP contribution >= 0.6 is 0 Å². The van der Waals surface area contributed by atoms with Gasteiger partial charge in [0, 0.05) is 12.8 Å². The fourth-order valence-electron chi connectivity index (χ4n) is 3.90. The number of ether oxygens (including phenoxy) is 1. The summed E-state index contributed by atoms with van der Waals surface area (Å²) in [5, 5.41) is 5.52. The van der Waals surface area contributed by atoms with Gasteiger partial charge in [-0.1, -0.05) is 42.5 Å². The molecule has 0 bridgehead atoms. The van der Waals surface area contributed by atoms with Gasteiger partial charge >= 0.3 is 5.97 Å². The van der Waals surface area contributed by atoms with E-state index < -0.39 is 18.5 Å². The van der Waals surface area contributed by atoms with Crippen LogP contribution in [0.3, 0.4) is 0 Å². The topological polar surface area (TPSA) is 122 Å². The molecular formula is C28H25N3O6. The van der Waals surface area contributed by atoms with Gasteiger partial charge in [0.05, 0.1) is 28.5 Å². The fourth-order valence-corrected chi connectivity index (χ4v) is 3.90. The summed E-state index contributed by atoms with van der Waals surface area (Å²) in [5.41, 5.74) is 2.02. The van der Waals surface area contributed by atoms with E-state index in [0.29, 0.717) is 5.69 Å². The number of nitrogens with one attached hydrogen (secondary N) is 2. The van der Waals surface area contributed by atoms with Crippen molar-refractivity contribution in [1.82, 2.24) is 5.32 Å². The maximum absolute atomic E-state index is 12.9. The summed E-state index contributed by atoms with van der Waals surface area (Å²) >= 11 is 0. The molecule has 1 unspecified atom stereocenters. The van der Waals surface area contributed by atoms with Crippen LogP contribution in [-0.2, 0) is 19.1 Å². The maximum Gasteiger partial charge on any atom is 0.338 e. The number of carbonyl (C=O) groups is 5. The number of carbonyl (C=O) groups excluding carboxylic acids is 5. The standard InChI is InChI=1S/C28H25N3O6/c1-18(19-7-3-2-4-8-19)29-27(35)22-9-5-6-10-23(22)30-24(32)17-37-28(36)20-11-13-21(14-12-20)31-25(33)15-16-26(31)34/h2-14,18H,15-17H2,1H3,(H,29,35)(H,30,32). The minimum absolute atomic E-state index is 0.158. The third kappa shape index (κ3) is 6.07. The lowest BCUT2D eigenvalue weighted by Crippen LogP contribution is -2.29. The normalized spacial score (nSPS) is 13.7. The van der Waals surface area contributed by atoms with Gasteiger partial charge in [0.25, 0.3) is 11.8 Å². The molecular weight excluding hydrogens is 474 g/mol. The summed E-state index contributed by atoms with van der Waals surface area (Å²) in [5.74, 6) is -2.31. The number of amides is 4. The monoisotopic (exact) mass is 499 g/mol. The lowest BCUT2D eigenvalue weighted by molar-refractivity contribution is -0.121. The number of hydrogen-bond acceptors (Lipinski definition) is 6. The Morgan fingerprint density at radius 2 is 1.49 bits per heavy atom. The first-order valence-electron chi connectivity index (χ1n) is 11.7. The first kappa shape index (κ1) is 25.3. The van der Waals surface area contributed by atoms with E-state index in [-0.39, 0.29) is 53.4 Å². The molecule has 4 amide bonds. The van der Waals surface area contributed by atoms with Crippen LogP contribution in [0.1, 0.15) is 52.1 Å². The largest absolute Gasteiger partial charge is 0.452 e. The molecule has 37 heavy (non-hydrogen) atoms. The third-order valence-corrected chi connectivity index (χ3v) is 5.84. The zero-order valence-electron chi connectivity index (χ0n) is 20.1. The van der Waals surface area contributed by atoms with Crippen LogP contribution in [0, 0.1) is 0 Å². The van der Waals surface area contributed by atoms with Crippen molar-refractivity contribution in [1.29, 1.82) is 0 Å². The molecule has 188 valence electrons. The molecule has 3 aromatic carbocycles. The van der Waals surface area contributed by atoms with Crippen LogP contribution in [0.15, 0.2) is 78.9 Å². The number of esters is 1. The first-order chi connectivity index (χ1) is 17.8. The molecule has 0 saturated carbocycles. The number of benzene rings is 3. The molecule has 0 aromatic heterocycles. The van der Waals surface area contributed by atoms with E-state index in [2.05, 4.69) is 10.6 Å². The minimum atomic E-state index is -0.747. The molecule has 1 atom stereocenters. The van der Waals surface area contributed by atoms with E-state index in [4.69, 9.17) is 4.74 Å². The van der Waals surface area contributed by atoms with Gasteiger partial charge in [-0.05, 0) is 48.9 Å². The Bertz CT molecular complexity index is 1320. The van der Waals surface area contributed by atoms with Crippen LogP contribution in [0.4, 0.5) is 11.4 Å². The average Bonchev–Trinajstić information content (AvgIpc) is 3.25. The Morgan fingerprint density at radius 3 is 2.16 bits per heavy atom. The summed E-state index contributed by atoms with van der Waals surface area (Å²) in [4.78, 5) is 62.5. The summed E-state index contributed by atoms with van der Waals surface area (Å²) < 4.78 is 5.09. The summed E-state index contributed by atoms with van der Waals surface area (Å²) in [6.45, 7) is 1.29. The molecule has 9 nitrogen and oxygen atoms in total. The lowest BCUT2D eigenvalue weighted by Gasteiger charge is -2.16. The van der Waals surface area contributed by atoms with E-state index in [1.54, 1.807) is 24.3 Å². The van der Waals surface area contributed by atoms with Crippen molar-refractivity contribution in [3.63, 3.8) is 0 Å². The molecule has 1 fully saturated rings. The van der Waals surface area contributed by atoms with E-state index >= 15 is 0 Å². The molecule has 2 N–H and O–H groups in total. The molecule has 0 radical (unpaired) electrons. The molecule has 9 heteroatoms. The van der Waals surface area contributed by atoms with Crippen LogP contribution in [0.5, 0.6) is 0 Å². The van der Waals surface area contributed by atoms with Crippen LogP contribution < -0.4 is 15.5 Å². The van der Waals surface area contributed by atoms with Crippen molar-refractivity contribution in [2.75, 3.05) is 16.8 Å². The molecule has 4 rings (SSSR count). The van der Waals surface area contributed by atoms with Crippen molar-refractivity contribution in [2.45, 2.75) is 25.8 Å². The smallest absolute Gasteiger partial charge is 0.338 e. The zero-order chi connectivity index (χ0) is 26.4. The first-order valence-corrected chi connectivity index (χ1v) is 11.7. The summed E-state index contributed by atoms with van der Waals surface area (Å²) in [6.07, 6.45) is 0.323. The predicted octanol–water partition coefficient (Wildman–Crippen LogP) is 3.63. The Balaban J connectivity index is 1.33. The predicted molar refractivity (Wildman–Crippen MR) is 136 cm³/mol. The SMILES string of the molecule is CC(NC(=O)c1ccccc1NC(=O)COC(=O)c1ccc(N2C(=O)CCC2=O)cc1)c1ccccc1. The number of hydrogen-bond donors (Lipinski definition) is 2. The summed E-state index contributed by atoms with van der Waals surface area (Å²) in [6, 6.07) is 21.6. The average molecular weight is 500 g/mol. The second-order valence-electron chi connectivity index (χ2n) is 8.45. The lowest BCUT2D eigenvalue weighted by atomic mass is 10.1. The molecule has 1 saturated heterocycles. The van der Waals surface area contributed by atoms with Gasteiger partial charge in [-0.15, -0.1) is 0 Å². The molecule has 1 aliphatic heterocycles. The third-order valence-electron chi connectivity index (χ3n) is 5.84. The van der Waals surface area contributed by atoms with Crippen LogP contribution in [-0.4, -0.2) is 36.2 Å². The highest BCUT2D eigenvalue weighted by Crippen LogP contribution is 2.23. The van der Waals surface area contributed by atoms with Gasteiger partial charge in [0.2, 0.25) is 11.8 Å². The number of anilines is 2. The van der Waals surface area contributed by atoms with Crippen molar-refractivity contribution >= 4 is 41.0 Å². The van der Waals surface area contributed by atoms with E-state index in [1.807, 2.05) is 37.3 Å².